The van der Waals surface area contributed by atoms with E-state index >= 15 is 0 Å². The van der Waals surface area contributed by atoms with Gasteiger partial charge >= 0.3 is 0 Å². The Balaban J connectivity index is 2.61. The highest BCUT2D eigenvalue weighted by Gasteiger charge is 2.27. The van der Waals surface area contributed by atoms with Gasteiger partial charge in [0.2, 0.25) is 0 Å². The normalized spacial score (nSPS) is 32.2. The number of hydrogen-bond acceptors (Lipinski definition) is 2. The Morgan fingerprint density at radius 1 is 1.33 bits per heavy atom. The molecule has 0 saturated carbocycles. The molecule has 1 aliphatic heterocycles. The summed E-state index contributed by atoms with van der Waals surface area (Å²) in [4.78, 5) is -0.00868. The number of thioether (sulfide) groups is 1. The number of rotatable bonds is 2. The highest BCUT2D eigenvalue weighted by molar-refractivity contribution is 8.00. The lowest BCUT2D eigenvalue weighted by Gasteiger charge is -2.26. The third-order valence-electron chi connectivity index (χ3n) is 2.28. The van der Waals surface area contributed by atoms with Crippen LogP contribution in [0, 0.1) is 0 Å². The smallest absolute Gasteiger partial charge is 0.132 e. The molecule has 12 heavy (non-hydrogen) atoms. The van der Waals surface area contributed by atoms with Crippen LogP contribution in [0.4, 0.5) is 0 Å². The fourth-order valence-electron chi connectivity index (χ4n) is 1.58. The van der Waals surface area contributed by atoms with E-state index in [1.165, 1.54) is 25.7 Å². The summed E-state index contributed by atoms with van der Waals surface area (Å²) in [6.07, 6.45) is 11.4. The fourth-order valence-corrected chi connectivity index (χ4v) is 2.40. The molecule has 0 aromatic rings. The predicted octanol–water partition coefficient (Wildman–Crippen LogP) is 3.21. The van der Waals surface area contributed by atoms with Crippen LogP contribution in [0.25, 0.3) is 0 Å². The summed E-state index contributed by atoms with van der Waals surface area (Å²) in [5.74, 6) is 0. The van der Waals surface area contributed by atoms with Gasteiger partial charge in [-0.15, -0.1) is 11.8 Å². The SMILES string of the molecule is C/C=C/C1(SC)CCCCCO1. The lowest BCUT2D eigenvalue weighted by atomic mass is 10.1. The van der Waals surface area contributed by atoms with Crippen molar-refractivity contribution in [3.63, 3.8) is 0 Å². The summed E-state index contributed by atoms with van der Waals surface area (Å²) in [5.41, 5.74) is 0. The van der Waals surface area contributed by atoms with Gasteiger partial charge in [-0.1, -0.05) is 12.5 Å². The van der Waals surface area contributed by atoms with Crippen LogP contribution in [0.3, 0.4) is 0 Å². The van der Waals surface area contributed by atoms with Gasteiger partial charge in [-0.3, -0.25) is 0 Å². The Labute approximate surface area is 79.6 Å². The van der Waals surface area contributed by atoms with Gasteiger partial charge in [-0.05, 0) is 38.5 Å². The minimum atomic E-state index is -0.00868. The zero-order valence-electron chi connectivity index (χ0n) is 8.01. The minimum Gasteiger partial charge on any atom is -0.361 e. The van der Waals surface area contributed by atoms with Crippen molar-refractivity contribution in [3.05, 3.63) is 12.2 Å². The lowest BCUT2D eigenvalue weighted by Crippen LogP contribution is -2.24. The monoisotopic (exact) mass is 186 g/mol. The van der Waals surface area contributed by atoms with Gasteiger partial charge < -0.3 is 4.74 Å². The molecule has 1 unspecified atom stereocenters. The molecule has 2 heteroatoms. The Hall–Kier alpha value is 0.0500. The molecule has 0 aliphatic carbocycles. The van der Waals surface area contributed by atoms with E-state index < -0.39 is 0 Å². The van der Waals surface area contributed by atoms with E-state index in [2.05, 4.69) is 25.3 Å². The van der Waals surface area contributed by atoms with Crippen molar-refractivity contribution in [2.24, 2.45) is 0 Å². The Kier molecular flexibility index (Phi) is 4.16. The van der Waals surface area contributed by atoms with Crippen molar-refractivity contribution < 1.29 is 4.74 Å². The van der Waals surface area contributed by atoms with Crippen LogP contribution >= 0.6 is 11.8 Å². The molecule has 1 saturated heterocycles. The average Bonchev–Trinajstić information content (AvgIpc) is 2.32. The Morgan fingerprint density at radius 2 is 2.17 bits per heavy atom. The third kappa shape index (κ3) is 2.53. The van der Waals surface area contributed by atoms with E-state index in [1.54, 1.807) is 0 Å². The molecule has 70 valence electrons. The van der Waals surface area contributed by atoms with Crippen molar-refractivity contribution in [2.45, 2.75) is 37.5 Å². The Morgan fingerprint density at radius 3 is 2.83 bits per heavy atom. The zero-order valence-corrected chi connectivity index (χ0v) is 8.82. The molecule has 1 rings (SSSR count). The first-order valence-corrected chi connectivity index (χ1v) is 5.88. The third-order valence-corrected chi connectivity index (χ3v) is 3.43. The maximum Gasteiger partial charge on any atom is 0.132 e. The first-order chi connectivity index (χ1) is 5.83. The molecule has 0 aromatic heterocycles. The van der Waals surface area contributed by atoms with E-state index in [4.69, 9.17) is 4.74 Å². The molecular weight excluding hydrogens is 168 g/mol. The van der Waals surface area contributed by atoms with Crippen molar-refractivity contribution in [1.29, 1.82) is 0 Å². The topological polar surface area (TPSA) is 9.23 Å². The van der Waals surface area contributed by atoms with Gasteiger partial charge in [0.1, 0.15) is 4.93 Å². The predicted molar refractivity (Wildman–Crippen MR) is 55.5 cm³/mol. The first-order valence-electron chi connectivity index (χ1n) is 4.66. The average molecular weight is 186 g/mol. The zero-order chi connectivity index (χ0) is 8.86. The van der Waals surface area contributed by atoms with Gasteiger partial charge in [0.15, 0.2) is 0 Å². The molecule has 1 fully saturated rings. The number of allylic oxidation sites excluding steroid dienone is 1. The minimum absolute atomic E-state index is 0.00868. The molecule has 0 aromatic carbocycles. The highest BCUT2D eigenvalue weighted by Crippen LogP contribution is 2.34. The molecule has 1 atom stereocenters. The maximum absolute atomic E-state index is 5.86. The second-order valence-corrected chi connectivity index (χ2v) is 4.27. The van der Waals surface area contributed by atoms with Crippen LogP contribution in [0.2, 0.25) is 0 Å². The molecule has 0 N–H and O–H groups in total. The summed E-state index contributed by atoms with van der Waals surface area (Å²) in [6.45, 7) is 2.98. The van der Waals surface area contributed by atoms with E-state index in [9.17, 15) is 0 Å². The van der Waals surface area contributed by atoms with Crippen LogP contribution in [0.15, 0.2) is 12.2 Å². The standard InChI is InChI=1S/C10H18OS/c1-3-7-10(12-2)8-5-4-6-9-11-10/h3,7H,4-6,8-9H2,1-2H3/b7-3+. The summed E-state index contributed by atoms with van der Waals surface area (Å²) < 4.78 is 5.86. The summed E-state index contributed by atoms with van der Waals surface area (Å²) >= 11 is 1.82. The van der Waals surface area contributed by atoms with Gasteiger partial charge in [-0.25, -0.2) is 0 Å². The van der Waals surface area contributed by atoms with E-state index in [0.717, 1.165) is 6.61 Å². The van der Waals surface area contributed by atoms with Crippen molar-refractivity contribution >= 4 is 11.8 Å². The Bertz CT molecular complexity index is 146. The highest BCUT2D eigenvalue weighted by atomic mass is 32.2. The van der Waals surface area contributed by atoms with Crippen molar-refractivity contribution in [3.8, 4) is 0 Å². The molecule has 1 aliphatic rings. The molecule has 0 radical (unpaired) electrons. The molecule has 1 nitrogen and oxygen atoms in total. The van der Waals surface area contributed by atoms with Crippen LogP contribution < -0.4 is 0 Å². The fraction of sp³-hybridized carbons (Fsp3) is 0.800. The summed E-state index contributed by atoms with van der Waals surface area (Å²) in [5, 5.41) is 0. The summed E-state index contributed by atoms with van der Waals surface area (Å²) in [7, 11) is 0. The van der Waals surface area contributed by atoms with Gasteiger partial charge in [0, 0.05) is 6.61 Å². The lowest BCUT2D eigenvalue weighted by molar-refractivity contribution is 0.0657. The molecule has 1 heterocycles. The first kappa shape index (κ1) is 10.1. The molecular formula is C10H18OS. The number of hydrogen-bond donors (Lipinski definition) is 0. The van der Waals surface area contributed by atoms with Crippen molar-refractivity contribution in [1.82, 2.24) is 0 Å². The molecule has 0 amide bonds. The van der Waals surface area contributed by atoms with Crippen LogP contribution in [0.1, 0.15) is 32.6 Å². The van der Waals surface area contributed by atoms with Gasteiger partial charge in [0.25, 0.3) is 0 Å². The van der Waals surface area contributed by atoms with E-state index in [-0.39, 0.29) is 4.93 Å². The van der Waals surface area contributed by atoms with E-state index in [1.807, 2.05) is 11.8 Å². The van der Waals surface area contributed by atoms with Gasteiger partial charge in [-0.2, -0.15) is 0 Å². The van der Waals surface area contributed by atoms with Gasteiger partial charge in [0.05, 0.1) is 0 Å². The van der Waals surface area contributed by atoms with E-state index in [0.29, 0.717) is 0 Å². The summed E-state index contributed by atoms with van der Waals surface area (Å²) in [6, 6.07) is 0. The largest absolute Gasteiger partial charge is 0.361 e. The van der Waals surface area contributed by atoms with Crippen LogP contribution in [-0.2, 0) is 4.74 Å². The quantitative estimate of drug-likeness (QED) is 0.612. The second-order valence-electron chi connectivity index (χ2n) is 3.18. The second kappa shape index (κ2) is 4.93. The molecule has 0 bridgehead atoms. The van der Waals surface area contributed by atoms with Crippen LogP contribution in [0.5, 0.6) is 0 Å². The molecule has 0 spiro atoms. The maximum atomic E-state index is 5.86. The van der Waals surface area contributed by atoms with Crippen molar-refractivity contribution in [2.75, 3.05) is 12.9 Å². The number of ether oxygens (including phenoxy) is 1. The van der Waals surface area contributed by atoms with Crippen LogP contribution in [-0.4, -0.2) is 17.8 Å².